The normalized spacial score (nSPS) is 10.2. The quantitative estimate of drug-likeness (QED) is 0.804. The first-order chi connectivity index (χ1) is 11.4. The number of halogens is 2. The van der Waals surface area contributed by atoms with Crippen LogP contribution < -0.4 is 14.8 Å². The molecule has 1 N–H and O–H groups in total. The van der Waals surface area contributed by atoms with Gasteiger partial charge in [0.25, 0.3) is 0 Å². The van der Waals surface area contributed by atoms with E-state index in [9.17, 15) is 9.59 Å². The smallest absolute Gasteiger partial charge is 0.221 e. The summed E-state index contributed by atoms with van der Waals surface area (Å²) in [7, 11) is 2.92. The van der Waals surface area contributed by atoms with Crippen LogP contribution >= 0.6 is 23.2 Å². The third kappa shape index (κ3) is 3.80. The predicted octanol–water partition coefficient (Wildman–Crippen LogP) is 4.20. The number of carbonyl (C=O) groups is 2. The summed E-state index contributed by atoms with van der Waals surface area (Å²) in [6.45, 7) is 1.35. The van der Waals surface area contributed by atoms with Gasteiger partial charge in [-0.15, -0.1) is 0 Å². The van der Waals surface area contributed by atoms with E-state index in [-0.39, 0.29) is 27.8 Å². The Bertz CT molecular complexity index is 805. The van der Waals surface area contributed by atoms with Crippen molar-refractivity contribution in [3.63, 3.8) is 0 Å². The summed E-state index contributed by atoms with van der Waals surface area (Å²) in [5, 5.41) is 3.26. The first-order valence-electron chi connectivity index (χ1n) is 6.90. The molecule has 0 radical (unpaired) electrons. The summed E-state index contributed by atoms with van der Waals surface area (Å²) < 4.78 is 10.4. The summed E-state index contributed by atoms with van der Waals surface area (Å²) in [4.78, 5) is 24.3. The van der Waals surface area contributed by atoms with E-state index >= 15 is 0 Å². The number of methoxy groups -OCH3 is 2. The van der Waals surface area contributed by atoms with Gasteiger partial charge in [-0.1, -0.05) is 23.2 Å². The summed E-state index contributed by atoms with van der Waals surface area (Å²) >= 11 is 12.0. The van der Waals surface area contributed by atoms with E-state index in [1.54, 1.807) is 6.07 Å². The van der Waals surface area contributed by atoms with Gasteiger partial charge in [-0.2, -0.15) is 0 Å². The van der Waals surface area contributed by atoms with Crippen molar-refractivity contribution in [2.24, 2.45) is 0 Å². The SMILES string of the molecule is COc1cc(NC(C)=O)c(C(=O)c2ccc(Cl)cc2Cl)cc1OC. The highest BCUT2D eigenvalue weighted by Gasteiger charge is 2.21. The molecule has 0 spiro atoms. The minimum atomic E-state index is -0.374. The molecule has 0 saturated carbocycles. The van der Waals surface area contributed by atoms with E-state index < -0.39 is 0 Å². The van der Waals surface area contributed by atoms with Crippen molar-refractivity contribution in [1.82, 2.24) is 0 Å². The van der Waals surface area contributed by atoms with Gasteiger partial charge in [-0.3, -0.25) is 9.59 Å². The molecule has 7 heteroatoms. The van der Waals surface area contributed by atoms with Crippen LogP contribution in [0.5, 0.6) is 11.5 Å². The molecule has 0 aliphatic rings. The van der Waals surface area contributed by atoms with Crippen LogP contribution in [0.15, 0.2) is 30.3 Å². The number of carbonyl (C=O) groups excluding carboxylic acids is 2. The zero-order valence-corrected chi connectivity index (χ0v) is 14.8. The Kier molecular flexibility index (Phi) is 5.70. The van der Waals surface area contributed by atoms with Crippen LogP contribution in [0.2, 0.25) is 10.0 Å². The Morgan fingerprint density at radius 2 is 1.58 bits per heavy atom. The van der Waals surface area contributed by atoms with Crippen LogP contribution in [0, 0.1) is 0 Å². The number of nitrogens with one attached hydrogen (secondary N) is 1. The highest BCUT2D eigenvalue weighted by atomic mass is 35.5. The molecule has 2 rings (SSSR count). The number of anilines is 1. The largest absolute Gasteiger partial charge is 0.493 e. The lowest BCUT2D eigenvalue weighted by Gasteiger charge is -2.15. The minimum absolute atomic E-state index is 0.219. The fourth-order valence-corrected chi connectivity index (χ4v) is 2.67. The van der Waals surface area contributed by atoms with Gasteiger partial charge in [0.1, 0.15) is 0 Å². The van der Waals surface area contributed by atoms with E-state index in [1.165, 1.54) is 45.4 Å². The van der Waals surface area contributed by atoms with Crippen LogP contribution in [0.4, 0.5) is 5.69 Å². The van der Waals surface area contributed by atoms with Crippen LogP contribution in [0.25, 0.3) is 0 Å². The second kappa shape index (κ2) is 7.55. The van der Waals surface area contributed by atoms with Crippen LogP contribution in [-0.2, 0) is 4.79 Å². The van der Waals surface area contributed by atoms with Crippen molar-refractivity contribution in [3.05, 3.63) is 51.5 Å². The van der Waals surface area contributed by atoms with Crippen molar-refractivity contribution in [1.29, 1.82) is 0 Å². The molecule has 0 aliphatic carbocycles. The zero-order valence-electron chi connectivity index (χ0n) is 13.3. The van der Waals surface area contributed by atoms with E-state index in [0.717, 1.165) is 0 Å². The van der Waals surface area contributed by atoms with Gasteiger partial charge in [-0.25, -0.2) is 0 Å². The topological polar surface area (TPSA) is 64.6 Å². The molecule has 0 heterocycles. The van der Waals surface area contributed by atoms with E-state index in [1.807, 2.05) is 0 Å². The lowest BCUT2D eigenvalue weighted by atomic mass is 10.0. The number of hydrogen-bond acceptors (Lipinski definition) is 4. The number of ketones is 1. The zero-order chi connectivity index (χ0) is 17.9. The van der Waals surface area contributed by atoms with Gasteiger partial charge in [-0.05, 0) is 24.3 Å². The summed E-state index contributed by atoms with van der Waals surface area (Å²) in [5.41, 5.74) is 0.795. The molecule has 2 aromatic rings. The Hall–Kier alpha value is -2.24. The Balaban J connectivity index is 2.61. The highest BCUT2D eigenvalue weighted by molar-refractivity contribution is 6.37. The second-order valence-electron chi connectivity index (χ2n) is 4.89. The third-order valence-electron chi connectivity index (χ3n) is 3.25. The standard InChI is InChI=1S/C17H15Cl2NO4/c1-9(21)20-14-8-16(24-3)15(23-2)7-12(14)17(22)11-5-4-10(18)6-13(11)19/h4-8H,1-3H3,(H,20,21). The van der Waals surface area contributed by atoms with E-state index in [0.29, 0.717) is 22.2 Å². The molecule has 0 aliphatic heterocycles. The number of benzene rings is 2. The maximum atomic E-state index is 12.9. The fraction of sp³-hybridized carbons (Fsp3) is 0.176. The second-order valence-corrected chi connectivity index (χ2v) is 5.73. The first kappa shape index (κ1) is 18.1. The Morgan fingerprint density at radius 1 is 0.958 bits per heavy atom. The van der Waals surface area contributed by atoms with Gasteiger partial charge in [0.15, 0.2) is 17.3 Å². The maximum Gasteiger partial charge on any atom is 0.221 e. The minimum Gasteiger partial charge on any atom is -0.493 e. The van der Waals surface area contributed by atoms with Crippen molar-refractivity contribution < 1.29 is 19.1 Å². The summed E-state index contributed by atoms with van der Waals surface area (Å²) in [5.74, 6) is 0.0554. The third-order valence-corrected chi connectivity index (χ3v) is 3.80. The molecular formula is C17H15Cl2NO4. The molecule has 0 saturated heterocycles. The number of ether oxygens (including phenoxy) is 2. The van der Waals surface area contributed by atoms with Crippen molar-refractivity contribution >= 4 is 40.6 Å². The molecule has 0 fully saturated rings. The predicted molar refractivity (Wildman–Crippen MR) is 93.7 cm³/mol. The van der Waals surface area contributed by atoms with Crippen molar-refractivity contribution in [2.45, 2.75) is 6.92 Å². The molecule has 126 valence electrons. The van der Waals surface area contributed by atoms with Gasteiger partial charge in [0.05, 0.1) is 30.5 Å². The van der Waals surface area contributed by atoms with Crippen LogP contribution in [0.3, 0.4) is 0 Å². The monoisotopic (exact) mass is 367 g/mol. The molecule has 0 atom stereocenters. The van der Waals surface area contributed by atoms with Gasteiger partial charge in [0.2, 0.25) is 5.91 Å². The lowest BCUT2D eigenvalue weighted by molar-refractivity contribution is -0.114. The number of rotatable bonds is 5. The molecule has 0 aromatic heterocycles. The van der Waals surface area contributed by atoms with Crippen LogP contribution in [-0.4, -0.2) is 25.9 Å². The summed E-state index contributed by atoms with van der Waals surface area (Å²) in [6.07, 6.45) is 0. The number of amides is 1. The molecule has 5 nitrogen and oxygen atoms in total. The van der Waals surface area contributed by atoms with Crippen LogP contribution in [0.1, 0.15) is 22.8 Å². The molecular weight excluding hydrogens is 353 g/mol. The van der Waals surface area contributed by atoms with E-state index in [4.69, 9.17) is 32.7 Å². The van der Waals surface area contributed by atoms with Gasteiger partial charge < -0.3 is 14.8 Å². The van der Waals surface area contributed by atoms with Gasteiger partial charge >= 0.3 is 0 Å². The molecule has 1 amide bonds. The summed E-state index contributed by atoms with van der Waals surface area (Å²) in [6, 6.07) is 7.60. The van der Waals surface area contributed by atoms with E-state index in [2.05, 4.69) is 5.32 Å². The average molecular weight is 368 g/mol. The average Bonchev–Trinajstić information content (AvgIpc) is 2.53. The highest BCUT2D eigenvalue weighted by Crippen LogP contribution is 2.35. The fourth-order valence-electron chi connectivity index (χ4n) is 2.18. The lowest BCUT2D eigenvalue weighted by Crippen LogP contribution is -2.13. The number of hydrogen-bond donors (Lipinski definition) is 1. The van der Waals surface area contributed by atoms with Crippen molar-refractivity contribution in [2.75, 3.05) is 19.5 Å². The van der Waals surface area contributed by atoms with Gasteiger partial charge in [0, 0.05) is 23.6 Å². The van der Waals surface area contributed by atoms with Crippen molar-refractivity contribution in [3.8, 4) is 11.5 Å². The molecule has 2 aromatic carbocycles. The molecule has 0 bridgehead atoms. The molecule has 24 heavy (non-hydrogen) atoms. The molecule has 0 unspecified atom stereocenters. The Labute approximate surface area is 149 Å². The Morgan fingerprint density at radius 3 is 2.12 bits per heavy atom. The maximum absolute atomic E-state index is 12.9. The first-order valence-corrected chi connectivity index (χ1v) is 7.66.